The molecule has 2 atom stereocenters. The zero-order chi connectivity index (χ0) is 12.2. The van der Waals surface area contributed by atoms with Crippen molar-refractivity contribution in [2.45, 2.75) is 45.6 Å². The minimum absolute atomic E-state index is 0.555. The summed E-state index contributed by atoms with van der Waals surface area (Å²) in [6.45, 7) is 6.29. The zero-order valence-corrected chi connectivity index (χ0v) is 11.9. The van der Waals surface area contributed by atoms with Gasteiger partial charge in [0.15, 0.2) is 0 Å². The molecule has 0 aliphatic carbocycles. The smallest absolute Gasteiger partial charge is 0.0871 e. The van der Waals surface area contributed by atoms with Crippen molar-refractivity contribution in [1.82, 2.24) is 0 Å². The monoisotopic (exact) mass is 284 g/mol. The van der Waals surface area contributed by atoms with Gasteiger partial charge in [-0.1, -0.05) is 54.8 Å². The number of rotatable bonds is 5. The first-order valence-electron chi connectivity index (χ1n) is 5.94. The Morgan fingerprint density at radius 2 is 2.12 bits per heavy atom. The predicted octanol–water partition coefficient (Wildman–Crippen LogP) is 4.48. The molecule has 0 heterocycles. The van der Waals surface area contributed by atoms with Crippen LogP contribution in [-0.4, -0.2) is 5.11 Å². The van der Waals surface area contributed by atoms with Crippen LogP contribution in [0.25, 0.3) is 0 Å². The van der Waals surface area contributed by atoms with E-state index in [4.69, 9.17) is 0 Å². The molecule has 1 N–H and O–H groups in total. The van der Waals surface area contributed by atoms with Crippen LogP contribution < -0.4 is 0 Å². The number of hydrogen-bond acceptors (Lipinski definition) is 1. The van der Waals surface area contributed by atoms with Gasteiger partial charge in [0.05, 0.1) is 5.60 Å². The second-order valence-electron chi connectivity index (χ2n) is 4.88. The highest BCUT2D eigenvalue weighted by Gasteiger charge is 2.25. The molecule has 0 aliphatic heterocycles. The minimum atomic E-state index is -0.724. The van der Waals surface area contributed by atoms with Crippen LogP contribution in [0.1, 0.15) is 45.6 Å². The number of benzene rings is 1. The largest absolute Gasteiger partial charge is 0.385 e. The molecule has 0 fully saturated rings. The molecule has 0 amide bonds. The topological polar surface area (TPSA) is 20.2 Å². The van der Waals surface area contributed by atoms with Crippen molar-refractivity contribution < 1.29 is 5.11 Å². The first-order chi connectivity index (χ1) is 7.45. The Morgan fingerprint density at radius 1 is 1.44 bits per heavy atom. The van der Waals surface area contributed by atoms with E-state index in [1.165, 1.54) is 12.8 Å². The van der Waals surface area contributed by atoms with Crippen LogP contribution in [0.4, 0.5) is 0 Å². The average molecular weight is 285 g/mol. The van der Waals surface area contributed by atoms with Crippen molar-refractivity contribution in [2.24, 2.45) is 5.92 Å². The molecule has 0 spiro atoms. The molecule has 0 saturated carbocycles. The molecule has 0 radical (unpaired) electrons. The quantitative estimate of drug-likeness (QED) is 0.845. The number of aliphatic hydroxyl groups is 1. The van der Waals surface area contributed by atoms with Gasteiger partial charge in [0.25, 0.3) is 0 Å². The third-order valence-electron chi connectivity index (χ3n) is 2.97. The van der Waals surface area contributed by atoms with Gasteiger partial charge in [-0.2, -0.15) is 0 Å². The minimum Gasteiger partial charge on any atom is -0.385 e. The SMILES string of the molecule is CCCC(C)CC(C)(O)c1cccc(Br)c1. The van der Waals surface area contributed by atoms with Crippen LogP contribution in [0.15, 0.2) is 28.7 Å². The molecule has 0 aliphatic rings. The molecule has 2 unspecified atom stereocenters. The molecule has 0 saturated heterocycles. The first-order valence-corrected chi connectivity index (χ1v) is 6.73. The Kier molecular flexibility index (Phi) is 5.00. The second-order valence-corrected chi connectivity index (χ2v) is 5.80. The van der Waals surface area contributed by atoms with E-state index in [0.717, 1.165) is 16.5 Å². The van der Waals surface area contributed by atoms with E-state index in [1.54, 1.807) is 0 Å². The van der Waals surface area contributed by atoms with Crippen LogP contribution >= 0.6 is 15.9 Å². The summed E-state index contributed by atoms with van der Waals surface area (Å²) in [6.07, 6.45) is 3.16. The van der Waals surface area contributed by atoms with Crippen molar-refractivity contribution in [3.05, 3.63) is 34.3 Å². The molecular weight excluding hydrogens is 264 g/mol. The summed E-state index contributed by atoms with van der Waals surface area (Å²) < 4.78 is 1.02. The molecule has 16 heavy (non-hydrogen) atoms. The van der Waals surface area contributed by atoms with Crippen LogP contribution in [-0.2, 0) is 5.60 Å². The van der Waals surface area contributed by atoms with E-state index in [-0.39, 0.29) is 0 Å². The van der Waals surface area contributed by atoms with Crippen molar-refractivity contribution in [3.63, 3.8) is 0 Å². The van der Waals surface area contributed by atoms with Gasteiger partial charge in [0.1, 0.15) is 0 Å². The molecule has 0 bridgehead atoms. The lowest BCUT2D eigenvalue weighted by Gasteiger charge is -2.27. The first kappa shape index (κ1) is 13.7. The number of hydrogen-bond donors (Lipinski definition) is 1. The van der Waals surface area contributed by atoms with Crippen molar-refractivity contribution in [1.29, 1.82) is 0 Å². The lowest BCUT2D eigenvalue weighted by Crippen LogP contribution is -2.24. The standard InChI is InChI=1S/C14H21BrO/c1-4-6-11(2)10-14(3,16)12-7-5-8-13(15)9-12/h5,7-9,11,16H,4,6,10H2,1-3H3. The maximum absolute atomic E-state index is 10.5. The van der Waals surface area contributed by atoms with E-state index in [0.29, 0.717) is 5.92 Å². The number of halogens is 1. The zero-order valence-electron chi connectivity index (χ0n) is 10.3. The molecule has 0 aromatic heterocycles. The Morgan fingerprint density at radius 3 is 2.69 bits per heavy atom. The van der Waals surface area contributed by atoms with Crippen LogP contribution in [0.5, 0.6) is 0 Å². The van der Waals surface area contributed by atoms with Crippen molar-refractivity contribution >= 4 is 15.9 Å². The van der Waals surface area contributed by atoms with Gasteiger partial charge in [-0.25, -0.2) is 0 Å². The van der Waals surface area contributed by atoms with Gasteiger partial charge in [-0.05, 0) is 37.0 Å². The van der Waals surface area contributed by atoms with E-state index < -0.39 is 5.60 Å². The van der Waals surface area contributed by atoms with Crippen LogP contribution in [0.3, 0.4) is 0 Å². The summed E-state index contributed by atoms with van der Waals surface area (Å²) in [7, 11) is 0. The summed E-state index contributed by atoms with van der Waals surface area (Å²) in [5, 5.41) is 10.5. The maximum Gasteiger partial charge on any atom is 0.0871 e. The Bertz CT molecular complexity index is 333. The molecule has 1 rings (SSSR count). The fourth-order valence-corrected chi connectivity index (χ4v) is 2.61. The highest BCUT2D eigenvalue weighted by Crippen LogP contribution is 2.31. The summed E-state index contributed by atoms with van der Waals surface area (Å²) in [5.74, 6) is 0.555. The Balaban J connectivity index is 2.76. The normalized spacial score (nSPS) is 16.8. The fourth-order valence-electron chi connectivity index (χ4n) is 2.21. The van der Waals surface area contributed by atoms with Crippen LogP contribution in [0.2, 0.25) is 0 Å². The molecule has 1 aromatic rings. The Hall–Kier alpha value is -0.340. The lowest BCUT2D eigenvalue weighted by atomic mass is 9.85. The van der Waals surface area contributed by atoms with Gasteiger partial charge in [0.2, 0.25) is 0 Å². The highest BCUT2D eigenvalue weighted by molar-refractivity contribution is 9.10. The van der Waals surface area contributed by atoms with Crippen molar-refractivity contribution in [2.75, 3.05) is 0 Å². The molecular formula is C14H21BrO. The highest BCUT2D eigenvalue weighted by atomic mass is 79.9. The molecule has 90 valence electrons. The Labute approximate surface area is 107 Å². The van der Waals surface area contributed by atoms with E-state index in [9.17, 15) is 5.11 Å². The van der Waals surface area contributed by atoms with Gasteiger partial charge in [-0.15, -0.1) is 0 Å². The average Bonchev–Trinajstić information content (AvgIpc) is 2.17. The molecule has 1 nitrogen and oxygen atoms in total. The summed E-state index contributed by atoms with van der Waals surface area (Å²) in [6, 6.07) is 7.94. The van der Waals surface area contributed by atoms with E-state index in [1.807, 2.05) is 31.2 Å². The summed E-state index contributed by atoms with van der Waals surface area (Å²) >= 11 is 3.44. The summed E-state index contributed by atoms with van der Waals surface area (Å²) in [4.78, 5) is 0. The van der Waals surface area contributed by atoms with Gasteiger partial charge >= 0.3 is 0 Å². The van der Waals surface area contributed by atoms with Crippen LogP contribution in [0, 0.1) is 5.92 Å². The van der Waals surface area contributed by atoms with E-state index >= 15 is 0 Å². The lowest BCUT2D eigenvalue weighted by molar-refractivity contribution is 0.0311. The summed E-state index contributed by atoms with van der Waals surface area (Å²) in [5.41, 5.74) is 0.267. The van der Waals surface area contributed by atoms with E-state index in [2.05, 4.69) is 29.8 Å². The molecule has 1 aromatic carbocycles. The maximum atomic E-state index is 10.5. The predicted molar refractivity (Wildman–Crippen MR) is 72.4 cm³/mol. The van der Waals surface area contributed by atoms with Gasteiger partial charge in [0, 0.05) is 4.47 Å². The third-order valence-corrected chi connectivity index (χ3v) is 3.47. The molecule has 2 heteroatoms. The van der Waals surface area contributed by atoms with Crippen molar-refractivity contribution in [3.8, 4) is 0 Å². The fraction of sp³-hybridized carbons (Fsp3) is 0.571. The van der Waals surface area contributed by atoms with Gasteiger partial charge in [-0.3, -0.25) is 0 Å². The van der Waals surface area contributed by atoms with Gasteiger partial charge < -0.3 is 5.11 Å². The third kappa shape index (κ3) is 3.91. The second kappa shape index (κ2) is 5.83.